The number of benzene rings is 2. The monoisotopic (exact) mass is 273 g/mol. The Morgan fingerprint density at radius 3 is 2.70 bits per heavy atom. The van der Waals surface area contributed by atoms with Crippen LogP contribution in [0.3, 0.4) is 0 Å². The van der Waals surface area contributed by atoms with Gasteiger partial charge in [0, 0.05) is 0 Å². The molecule has 0 saturated carbocycles. The van der Waals surface area contributed by atoms with Crippen LogP contribution < -0.4 is 15.2 Å². The normalized spacial score (nSPS) is 10.1. The van der Waals surface area contributed by atoms with E-state index in [1.807, 2.05) is 24.3 Å². The van der Waals surface area contributed by atoms with Crippen LogP contribution in [0.25, 0.3) is 0 Å². The molecule has 0 heterocycles. The van der Waals surface area contributed by atoms with Crippen molar-refractivity contribution < 1.29 is 19.4 Å². The van der Waals surface area contributed by atoms with E-state index in [4.69, 9.17) is 20.3 Å². The summed E-state index contributed by atoms with van der Waals surface area (Å²) in [5.41, 5.74) is 6.84. The van der Waals surface area contributed by atoms with Gasteiger partial charge < -0.3 is 20.3 Å². The number of nitrogen functional groups attached to an aromatic ring is 1. The van der Waals surface area contributed by atoms with Gasteiger partial charge in [0.2, 0.25) is 0 Å². The Morgan fingerprint density at radius 1 is 1.25 bits per heavy atom. The van der Waals surface area contributed by atoms with Crippen LogP contribution in [-0.4, -0.2) is 18.2 Å². The molecule has 104 valence electrons. The van der Waals surface area contributed by atoms with E-state index in [0.29, 0.717) is 5.75 Å². The highest BCUT2D eigenvalue weighted by atomic mass is 16.5. The number of carboxylic acids is 1. The van der Waals surface area contributed by atoms with Crippen molar-refractivity contribution in [3.63, 3.8) is 0 Å². The van der Waals surface area contributed by atoms with Gasteiger partial charge in [-0.05, 0) is 29.8 Å². The third-order valence-corrected chi connectivity index (χ3v) is 2.83. The number of carboxylic acid groups (broad SMARTS) is 1. The minimum absolute atomic E-state index is 0.0353. The number of ether oxygens (including phenoxy) is 2. The molecule has 0 aliphatic rings. The van der Waals surface area contributed by atoms with E-state index in [0.717, 1.165) is 11.3 Å². The summed E-state index contributed by atoms with van der Waals surface area (Å²) >= 11 is 0. The van der Waals surface area contributed by atoms with Crippen molar-refractivity contribution in [2.24, 2.45) is 0 Å². The highest BCUT2D eigenvalue weighted by Crippen LogP contribution is 2.26. The Bertz CT molecular complexity index is 625. The van der Waals surface area contributed by atoms with Crippen molar-refractivity contribution in [1.29, 1.82) is 0 Å². The van der Waals surface area contributed by atoms with Crippen molar-refractivity contribution in [2.75, 3.05) is 12.8 Å². The average molecular weight is 273 g/mol. The van der Waals surface area contributed by atoms with Gasteiger partial charge in [0.05, 0.1) is 18.4 Å². The lowest BCUT2D eigenvalue weighted by molar-refractivity contribution is 0.0697. The molecule has 5 heteroatoms. The molecule has 0 aliphatic carbocycles. The fraction of sp³-hybridized carbons (Fsp3) is 0.133. The maximum atomic E-state index is 11.0. The molecule has 2 rings (SSSR count). The number of rotatable bonds is 5. The van der Waals surface area contributed by atoms with Gasteiger partial charge in [-0.1, -0.05) is 18.2 Å². The first kappa shape index (κ1) is 13.7. The predicted molar refractivity (Wildman–Crippen MR) is 75.1 cm³/mol. The van der Waals surface area contributed by atoms with E-state index in [1.165, 1.54) is 6.07 Å². The third-order valence-electron chi connectivity index (χ3n) is 2.83. The number of hydrogen-bond acceptors (Lipinski definition) is 4. The highest BCUT2D eigenvalue weighted by molar-refractivity contribution is 5.95. The van der Waals surface area contributed by atoms with Crippen LogP contribution >= 0.6 is 0 Å². The summed E-state index contributed by atoms with van der Waals surface area (Å²) in [4.78, 5) is 11.0. The SMILES string of the molecule is COc1cccc(COc2cccc(C(=O)O)c2N)c1. The van der Waals surface area contributed by atoms with E-state index in [-0.39, 0.29) is 17.9 Å². The average Bonchev–Trinajstić information content (AvgIpc) is 2.46. The zero-order chi connectivity index (χ0) is 14.5. The van der Waals surface area contributed by atoms with Gasteiger partial charge in [-0.15, -0.1) is 0 Å². The number of anilines is 1. The summed E-state index contributed by atoms with van der Waals surface area (Å²) in [6.07, 6.45) is 0. The number of para-hydroxylation sites is 1. The molecule has 5 nitrogen and oxygen atoms in total. The molecule has 0 bridgehead atoms. The van der Waals surface area contributed by atoms with E-state index in [1.54, 1.807) is 19.2 Å². The largest absolute Gasteiger partial charge is 0.497 e. The molecule has 0 unspecified atom stereocenters. The molecule has 0 amide bonds. The van der Waals surface area contributed by atoms with Crippen molar-refractivity contribution in [1.82, 2.24) is 0 Å². The first-order valence-electron chi connectivity index (χ1n) is 5.99. The second kappa shape index (κ2) is 5.97. The molecule has 0 aliphatic heterocycles. The van der Waals surface area contributed by atoms with Crippen LogP contribution in [0.15, 0.2) is 42.5 Å². The minimum Gasteiger partial charge on any atom is -0.497 e. The molecule has 0 saturated heterocycles. The highest BCUT2D eigenvalue weighted by Gasteiger charge is 2.11. The van der Waals surface area contributed by atoms with Crippen LogP contribution in [0.2, 0.25) is 0 Å². The summed E-state index contributed by atoms with van der Waals surface area (Å²) in [6.45, 7) is 0.282. The third kappa shape index (κ3) is 3.00. The Kier molecular flexibility index (Phi) is 4.10. The Balaban J connectivity index is 2.14. The summed E-state index contributed by atoms with van der Waals surface area (Å²) in [7, 11) is 1.59. The Labute approximate surface area is 116 Å². The van der Waals surface area contributed by atoms with E-state index in [2.05, 4.69) is 0 Å². The van der Waals surface area contributed by atoms with Gasteiger partial charge in [0.25, 0.3) is 0 Å². The fourth-order valence-corrected chi connectivity index (χ4v) is 1.78. The molecule has 0 atom stereocenters. The van der Waals surface area contributed by atoms with Gasteiger partial charge in [0.1, 0.15) is 18.1 Å². The molecule has 3 N–H and O–H groups in total. The van der Waals surface area contributed by atoms with Crippen molar-refractivity contribution in [3.8, 4) is 11.5 Å². The molecular weight excluding hydrogens is 258 g/mol. The van der Waals surface area contributed by atoms with Crippen LogP contribution in [0.1, 0.15) is 15.9 Å². The van der Waals surface area contributed by atoms with Crippen molar-refractivity contribution in [2.45, 2.75) is 6.61 Å². The lowest BCUT2D eigenvalue weighted by Crippen LogP contribution is -2.05. The summed E-state index contributed by atoms with van der Waals surface area (Å²) < 4.78 is 10.7. The zero-order valence-corrected chi connectivity index (χ0v) is 11.0. The molecular formula is C15H15NO4. The topological polar surface area (TPSA) is 81.8 Å². The summed E-state index contributed by atoms with van der Waals surface area (Å²) in [5, 5.41) is 8.99. The maximum absolute atomic E-state index is 11.0. The first-order valence-corrected chi connectivity index (χ1v) is 5.99. The molecule has 2 aromatic rings. The molecule has 20 heavy (non-hydrogen) atoms. The van der Waals surface area contributed by atoms with E-state index < -0.39 is 5.97 Å². The van der Waals surface area contributed by atoms with Gasteiger partial charge in [0.15, 0.2) is 0 Å². The number of hydrogen-bond donors (Lipinski definition) is 2. The molecule has 2 aromatic carbocycles. The van der Waals surface area contributed by atoms with E-state index in [9.17, 15) is 4.79 Å². The van der Waals surface area contributed by atoms with Crippen LogP contribution in [0, 0.1) is 0 Å². The van der Waals surface area contributed by atoms with Crippen molar-refractivity contribution in [3.05, 3.63) is 53.6 Å². The standard InChI is InChI=1S/C15H15NO4/c1-19-11-5-2-4-10(8-11)9-20-13-7-3-6-12(14(13)16)15(17)18/h2-8H,9,16H2,1H3,(H,17,18). The number of carbonyl (C=O) groups is 1. The first-order chi connectivity index (χ1) is 9.61. The lowest BCUT2D eigenvalue weighted by Gasteiger charge is -2.11. The molecule has 0 aromatic heterocycles. The van der Waals surface area contributed by atoms with Gasteiger partial charge in [-0.25, -0.2) is 4.79 Å². The lowest BCUT2D eigenvalue weighted by atomic mass is 10.1. The number of nitrogens with two attached hydrogens (primary N) is 1. The quantitative estimate of drug-likeness (QED) is 0.818. The number of aromatic carboxylic acids is 1. The van der Waals surface area contributed by atoms with Crippen LogP contribution in [0.4, 0.5) is 5.69 Å². The summed E-state index contributed by atoms with van der Waals surface area (Å²) in [6, 6.07) is 12.1. The number of methoxy groups -OCH3 is 1. The molecule has 0 spiro atoms. The van der Waals surface area contributed by atoms with Gasteiger partial charge >= 0.3 is 5.97 Å². The molecule has 0 fully saturated rings. The zero-order valence-electron chi connectivity index (χ0n) is 11.0. The smallest absolute Gasteiger partial charge is 0.337 e. The fourth-order valence-electron chi connectivity index (χ4n) is 1.78. The molecule has 0 radical (unpaired) electrons. The second-order valence-corrected chi connectivity index (χ2v) is 4.16. The maximum Gasteiger partial charge on any atom is 0.337 e. The van der Waals surface area contributed by atoms with E-state index >= 15 is 0 Å². The Morgan fingerprint density at radius 2 is 2.00 bits per heavy atom. The van der Waals surface area contributed by atoms with Crippen LogP contribution in [0.5, 0.6) is 11.5 Å². The second-order valence-electron chi connectivity index (χ2n) is 4.16. The van der Waals surface area contributed by atoms with Gasteiger partial charge in [-0.3, -0.25) is 0 Å². The van der Waals surface area contributed by atoms with Gasteiger partial charge in [-0.2, -0.15) is 0 Å². The minimum atomic E-state index is -1.07. The van der Waals surface area contributed by atoms with Crippen LogP contribution in [-0.2, 0) is 6.61 Å². The van der Waals surface area contributed by atoms with Crippen molar-refractivity contribution >= 4 is 11.7 Å². The summed E-state index contributed by atoms with van der Waals surface area (Å²) in [5.74, 6) is 0.0143. The predicted octanol–water partition coefficient (Wildman–Crippen LogP) is 2.55. The Hall–Kier alpha value is -2.69.